The van der Waals surface area contributed by atoms with E-state index in [1.807, 2.05) is 9.47 Å². The van der Waals surface area contributed by atoms with Gasteiger partial charge in [-0.25, -0.2) is 9.59 Å². The molecule has 1 unspecified atom stereocenters. The number of benzene rings is 2. The minimum absolute atomic E-state index is 0.206. The quantitative estimate of drug-likeness (QED) is 0.530. The van der Waals surface area contributed by atoms with E-state index in [-0.39, 0.29) is 6.61 Å². The van der Waals surface area contributed by atoms with E-state index < -0.39 is 35.9 Å². The Morgan fingerprint density at radius 1 is 1.07 bits per heavy atom. The fourth-order valence-corrected chi connectivity index (χ4v) is 3.43. The Balaban J connectivity index is 1.77. The number of esters is 2. The van der Waals surface area contributed by atoms with Crippen LogP contribution < -0.4 is 0 Å². The summed E-state index contributed by atoms with van der Waals surface area (Å²) in [6, 6.07) is 19.0. The minimum atomic E-state index is -1.30. The molecule has 1 saturated heterocycles. The summed E-state index contributed by atoms with van der Waals surface area (Å²) >= 11 is 0. The molecule has 2 aromatic rings. The van der Waals surface area contributed by atoms with E-state index in [1.165, 1.54) is 0 Å². The number of hydrogen-bond donors (Lipinski definition) is 0. The number of nitriles is 1. The van der Waals surface area contributed by atoms with E-state index in [0.717, 1.165) is 0 Å². The first-order chi connectivity index (χ1) is 14.0. The van der Waals surface area contributed by atoms with Crippen LogP contribution in [0.5, 0.6) is 0 Å². The molecule has 0 amide bonds. The van der Waals surface area contributed by atoms with Gasteiger partial charge in [0.05, 0.1) is 17.2 Å². The predicted octanol–water partition coefficient (Wildman–Crippen LogP) is 3.13. The van der Waals surface area contributed by atoms with E-state index in [2.05, 4.69) is 6.07 Å². The van der Waals surface area contributed by atoms with Crippen molar-refractivity contribution in [3.8, 4) is 6.07 Å². The van der Waals surface area contributed by atoms with Gasteiger partial charge in [0, 0.05) is 9.47 Å². The molecule has 150 valence electrons. The molecule has 0 spiro atoms. The van der Waals surface area contributed by atoms with Crippen LogP contribution >= 0.6 is 9.47 Å². The first-order valence-corrected chi connectivity index (χ1v) is 9.37. The third-order valence-corrected chi connectivity index (χ3v) is 4.96. The van der Waals surface area contributed by atoms with Gasteiger partial charge in [-0.3, -0.25) is 0 Å². The van der Waals surface area contributed by atoms with Crippen LogP contribution in [0.2, 0.25) is 0 Å². The molecular weight excluding hydrogens is 393 g/mol. The molecule has 1 aliphatic rings. The summed E-state index contributed by atoms with van der Waals surface area (Å²) in [5.41, 5.74) is -0.580. The van der Waals surface area contributed by atoms with Crippen LogP contribution in [-0.2, 0) is 18.7 Å². The highest BCUT2D eigenvalue weighted by Crippen LogP contribution is 2.42. The summed E-state index contributed by atoms with van der Waals surface area (Å²) in [5, 5.41) is 9.74. The van der Waals surface area contributed by atoms with Gasteiger partial charge in [0.1, 0.15) is 18.1 Å². The lowest BCUT2D eigenvalue weighted by Gasteiger charge is -2.27. The van der Waals surface area contributed by atoms with Crippen LogP contribution in [0.3, 0.4) is 0 Å². The number of ether oxygens (including phenoxy) is 3. The van der Waals surface area contributed by atoms with Gasteiger partial charge in [-0.2, -0.15) is 5.26 Å². The van der Waals surface area contributed by atoms with Crippen molar-refractivity contribution < 1.29 is 28.3 Å². The van der Waals surface area contributed by atoms with Crippen LogP contribution in [0.4, 0.5) is 0 Å². The molecular formula is C21H20NO6P. The SMILES string of the molecule is C[C@]1(C#N)[C@H](OP)O[C@H](COC(=O)c2ccccc2)[C@H]1OC(=O)c1ccccc1. The second kappa shape index (κ2) is 9.15. The van der Waals surface area contributed by atoms with Gasteiger partial charge in [0.25, 0.3) is 0 Å². The molecule has 0 aliphatic carbocycles. The maximum absolute atomic E-state index is 12.6. The van der Waals surface area contributed by atoms with Gasteiger partial charge >= 0.3 is 11.9 Å². The minimum Gasteiger partial charge on any atom is -0.459 e. The molecule has 3 rings (SSSR count). The summed E-state index contributed by atoms with van der Waals surface area (Å²) in [4.78, 5) is 24.8. The Labute approximate surface area is 170 Å². The Kier molecular flexibility index (Phi) is 6.60. The number of carbonyl (C=O) groups is 2. The summed E-state index contributed by atoms with van der Waals surface area (Å²) in [6.45, 7) is 1.37. The zero-order valence-electron chi connectivity index (χ0n) is 15.7. The summed E-state index contributed by atoms with van der Waals surface area (Å²) < 4.78 is 21.9. The fraction of sp³-hybridized carbons (Fsp3) is 0.286. The monoisotopic (exact) mass is 413 g/mol. The lowest BCUT2D eigenvalue weighted by atomic mass is 9.85. The fourth-order valence-electron chi connectivity index (χ4n) is 3.08. The van der Waals surface area contributed by atoms with Crippen LogP contribution in [-0.4, -0.2) is 37.0 Å². The summed E-state index contributed by atoms with van der Waals surface area (Å²) in [5.74, 6) is -1.15. The van der Waals surface area contributed by atoms with Crippen molar-refractivity contribution in [2.45, 2.75) is 25.4 Å². The molecule has 0 radical (unpaired) electrons. The Morgan fingerprint density at radius 3 is 2.14 bits per heavy atom. The van der Waals surface area contributed by atoms with Gasteiger partial charge in [-0.15, -0.1) is 0 Å². The highest BCUT2D eigenvalue weighted by molar-refractivity contribution is 7.09. The molecule has 0 aromatic heterocycles. The van der Waals surface area contributed by atoms with Gasteiger partial charge in [0.2, 0.25) is 0 Å². The molecule has 5 atom stereocenters. The highest BCUT2D eigenvalue weighted by atomic mass is 31.0. The lowest BCUT2D eigenvalue weighted by molar-refractivity contribution is -0.103. The largest absolute Gasteiger partial charge is 0.459 e. The lowest BCUT2D eigenvalue weighted by Crippen LogP contribution is -2.42. The van der Waals surface area contributed by atoms with Crippen molar-refractivity contribution in [2.75, 3.05) is 6.61 Å². The van der Waals surface area contributed by atoms with Crippen LogP contribution in [0, 0.1) is 16.7 Å². The van der Waals surface area contributed by atoms with E-state index in [4.69, 9.17) is 18.7 Å². The Morgan fingerprint density at radius 2 is 1.62 bits per heavy atom. The molecule has 1 heterocycles. The maximum Gasteiger partial charge on any atom is 0.338 e. The van der Waals surface area contributed by atoms with Crippen LogP contribution in [0.1, 0.15) is 27.6 Å². The number of carbonyl (C=O) groups excluding carboxylic acids is 2. The normalized spacial score (nSPS) is 25.8. The van der Waals surface area contributed by atoms with Crippen molar-refractivity contribution >= 4 is 21.4 Å². The third-order valence-electron chi connectivity index (χ3n) is 4.71. The Bertz CT molecular complexity index is 900. The topological polar surface area (TPSA) is 94.9 Å². The first kappa shape index (κ1) is 20.9. The second-order valence-electron chi connectivity index (χ2n) is 6.69. The van der Waals surface area contributed by atoms with E-state index in [9.17, 15) is 14.9 Å². The van der Waals surface area contributed by atoms with Crippen molar-refractivity contribution in [1.82, 2.24) is 0 Å². The van der Waals surface area contributed by atoms with Crippen molar-refractivity contribution in [1.29, 1.82) is 5.26 Å². The number of nitrogens with zero attached hydrogens (tertiary/aromatic N) is 1. The molecule has 1 fully saturated rings. The molecule has 0 bridgehead atoms. The number of rotatable bonds is 6. The van der Waals surface area contributed by atoms with E-state index in [0.29, 0.717) is 11.1 Å². The molecule has 8 heteroatoms. The van der Waals surface area contributed by atoms with Crippen LogP contribution in [0.15, 0.2) is 60.7 Å². The molecule has 29 heavy (non-hydrogen) atoms. The van der Waals surface area contributed by atoms with Gasteiger partial charge in [-0.1, -0.05) is 36.4 Å². The Hall–Kier alpha value is -2.78. The molecule has 0 N–H and O–H groups in total. The van der Waals surface area contributed by atoms with E-state index >= 15 is 0 Å². The second-order valence-corrected chi connectivity index (χ2v) is 6.97. The number of hydrogen-bond acceptors (Lipinski definition) is 7. The standard InChI is InChI=1S/C21H20NO6P/c1-21(13-22)17(27-19(24)15-10-6-3-7-11-15)16(26-20(21)28-29)12-25-18(23)14-8-4-2-5-9-14/h2-11,16-17,20H,12,29H2,1H3/t16-,17-,20+,21-/m1/s1. The van der Waals surface area contributed by atoms with Crippen molar-refractivity contribution in [3.63, 3.8) is 0 Å². The highest BCUT2D eigenvalue weighted by Gasteiger charge is 2.57. The smallest absolute Gasteiger partial charge is 0.338 e. The molecule has 2 aromatic carbocycles. The molecule has 1 aliphatic heterocycles. The average Bonchev–Trinajstić information content (AvgIpc) is 3.04. The van der Waals surface area contributed by atoms with Gasteiger partial charge in [0.15, 0.2) is 12.4 Å². The van der Waals surface area contributed by atoms with Gasteiger partial charge in [-0.05, 0) is 31.2 Å². The van der Waals surface area contributed by atoms with Crippen LogP contribution in [0.25, 0.3) is 0 Å². The molecule has 0 saturated carbocycles. The summed E-state index contributed by atoms with van der Waals surface area (Å²) in [7, 11) is 2.04. The maximum atomic E-state index is 12.6. The zero-order chi connectivity index (χ0) is 20.9. The summed E-state index contributed by atoms with van der Waals surface area (Å²) in [6.07, 6.45) is -2.86. The van der Waals surface area contributed by atoms with Gasteiger partial charge < -0.3 is 18.7 Å². The third kappa shape index (κ3) is 4.46. The van der Waals surface area contributed by atoms with E-state index in [1.54, 1.807) is 67.6 Å². The first-order valence-electron chi connectivity index (χ1n) is 8.90. The zero-order valence-corrected chi connectivity index (χ0v) is 16.8. The average molecular weight is 413 g/mol. The van der Waals surface area contributed by atoms with Crippen molar-refractivity contribution in [3.05, 3.63) is 71.8 Å². The predicted molar refractivity (Wildman–Crippen MR) is 106 cm³/mol. The molecule has 7 nitrogen and oxygen atoms in total. The van der Waals surface area contributed by atoms with Crippen molar-refractivity contribution in [2.24, 2.45) is 5.41 Å².